The molecular weight excluding hydrogens is 258 g/mol. The van der Waals surface area contributed by atoms with Crippen molar-refractivity contribution in [1.29, 1.82) is 0 Å². The SMILES string of the molecule is C=Cc1ccc(-n2c(=C)c3ccc(OC)cc3c2=C)cc1. The third-order valence-corrected chi connectivity index (χ3v) is 3.78. The molecule has 0 bridgehead atoms. The van der Waals surface area contributed by atoms with Crippen LogP contribution in [0.15, 0.2) is 49.0 Å². The second-order valence-electron chi connectivity index (χ2n) is 4.94. The molecule has 0 aliphatic heterocycles. The number of hydrogen-bond acceptors (Lipinski definition) is 1. The lowest BCUT2D eigenvalue weighted by atomic mass is 10.2. The van der Waals surface area contributed by atoms with Crippen molar-refractivity contribution < 1.29 is 4.74 Å². The number of fused-ring (bicyclic) bond motifs is 1. The summed E-state index contributed by atoms with van der Waals surface area (Å²) in [5.74, 6) is 0.826. The van der Waals surface area contributed by atoms with Crippen molar-refractivity contribution in [3.05, 3.63) is 65.3 Å². The minimum absolute atomic E-state index is 0.826. The Labute approximate surface area is 123 Å². The maximum Gasteiger partial charge on any atom is 0.119 e. The van der Waals surface area contributed by atoms with Crippen molar-refractivity contribution in [1.82, 2.24) is 4.57 Å². The molecule has 2 aromatic carbocycles. The van der Waals surface area contributed by atoms with E-state index in [2.05, 4.69) is 36.4 Å². The first-order valence-corrected chi connectivity index (χ1v) is 6.75. The largest absolute Gasteiger partial charge is 0.497 e. The number of benzene rings is 2. The first-order valence-electron chi connectivity index (χ1n) is 6.75. The van der Waals surface area contributed by atoms with Gasteiger partial charge in [0.25, 0.3) is 0 Å². The summed E-state index contributed by atoms with van der Waals surface area (Å²) >= 11 is 0. The molecule has 1 aromatic heterocycles. The van der Waals surface area contributed by atoms with E-state index in [1.54, 1.807) is 7.11 Å². The fourth-order valence-electron chi connectivity index (χ4n) is 2.62. The van der Waals surface area contributed by atoms with Crippen LogP contribution in [0, 0.1) is 0 Å². The van der Waals surface area contributed by atoms with Gasteiger partial charge in [0.05, 0.1) is 7.11 Å². The Kier molecular flexibility index (Phi) is 3.15. The lowest BCUT2D eigenvalue weighted by Gasteiger charge is -2.04. The molecule has 2 heteroatoms. The molecule has 0 radical (unpaired) electrons. The standard InChI is InChI=1S/C19H17NO/c1-5-15-6-8-16(9-7-15)20-13(2)18-11-10-17(21-4)12-19(18)14(20)3/h5-12H,1-3H2,4H3. The van der Waals surface area contributed by atoms with E-state index < -0.39 is 0 Å². The zero-order valence-electron chi connectivity index (χ0n) is 12.1. The van der Waals surface area contributed by atoms with Gasteiger partial charge in [-0.15, -0.1) is 0 Å². The van der Waals surface area contributed by atoms with Gasteiger partial charge in [-0.05, 0) is 35.9 Å². The molecular formula is C19H17NO. The molecule has 0 fully saturated rings. The highest BCUT2D eigenvalue weighted by Crippen LogP contribution is 2.17. The van der Waals surface area contributed by atoms with E-state index in [0.29, 0.717) is 0 Å². The minimum Gasteiger partial charge on any atom is -0.497 e. The Morgan fingerprint density at radius 2 is 1.62 bits per heavy atom. The van der Waals surface area contributed by atoms with Crippen molar-refractivity contribution in [2.45, 2.75) is 0 Å². The molecule has 0 aliphatic carbocycles. The molecule has 0 saturated heterocycles. The molecule has 0 atom stereocenters. The van der Waals surface area contributed by atoms with Gasteiger partial charge in [0.2, 0.25) is 0 Å². The van der Waals surface area contributed by atoms with Crippen LogP contribution in [0.25, 0.3) is 35.7 Å². The second kappa shape index (κ2) is 4.98. The lowest BCUT2D eigenvalue weighted by Crippen LogP contribution is -2.22. The Morgan fingerprint density at radius 3 is 2.24 bits per heavy atom. The van der Waals surface area contributed by atoms with Gasteiger partial charge in [0.15, 0.2) is 0 Å². The average molecular weight is 275 g/mol. The van der Waals surface area contributed by atoms with Gasteiger partial charge in [-0.3, -0.25) is 0 Å². The van der Waals surface area contributed by atoms with Crippen LogP contribution in [0.3, 0.4) is 0 Å². The van der Waals surface area contributed by atoms with Gasteiger partial charge in [-0.1, -0.05) is 37.9 Å². The first kappa shape index (κ1) is 13.3. The average Bonchev–Trinajstić information content (AvgIpc) is 2.78. The summed E-state index contributed by atoms with van der Waals surface area (Å²) in [6, 6.07) is 14.1. The van der Waals surface area contributed by atoms with Crippen molar-refractivity contribution in [2.75, 3.05) is 7.11 Å². The van der Waals surface area contributed by atoms with Crippen LogP contribution in [0.4, 0.5) is 0 Å². The van der Waals surface area contributed by atoms with Gasteiger partial charge >= 0.3 is 0 Å². The second-order valence-corrected chi connectivity index (χ2v) is 4.94. The van der Waals surface area contributed by atoms with E-state index in [-0.39, 0.29) is 0 Å². The third kappa shape index (κ3) is 2.05. The summed E-state index contributed by atoms with van der Waals surface area (Å²) in [5, 5.41) is 4.00. The number of ether oxygens (including phenoxy) is 1. The summed E-state index contributed by atoms with van der Waals surface area (Å²) in [5.41, 5.74) is 2.14. The molecule has 3 rings (SSSR count). The highest BCUT2D eigenvalue weighted by Gasteiger charge is 2.07. The lowest BCUT2D eigenvalue weighted by molar-refractivity contribution is 0.415. The van der Waals surface area contributed by atoms with Gasteiger partial charge in [0.1, 0.15) is 5.75 Å². The number of methoxy groups -OCH3 is 1. The van der Waals surface area contributed by atoms with E-state index >= 15 is 0 Å². The fraction of sp³-hybridized carbons (Fsp3) is 0.0526. The monoisotopic (exact) mass is 275 g/mol. The Hall–Kier alpha value is -2.74. The third-order valence-electron chi connectivity index (χ3n) is 3.78. The number of rotatable bonds is 3. The highest BCUT2D eigenvalue weighted by molar-refractivity contribution is 5.85. The summed E-state index contributed by atoms with van der Waals surface area (Å²) in [7, 11) is 1.67. The molecule has 104 valence electrons. The number of aromatic nitrogens is 1. The van der Waals surface area contributed by atoms with Crippen LogP contribution < -0.4 is 15.4 Å². The zero-order chi connectivity index (χ0) is 15.0. The fourth-order valence-corrected chi connectivity index (χ4v) is 2.62. The molecule has 21 heavy (non-hydrogen) atoms. The van der Waals surface area contributed by atoms with Crippen molar-refractivity contribution >= 4 is 30.0 Å². The van der Waals surface area contributed by atoms with E-state index in [1.807, 2.05) is 36.4 Å². The Bertz CT molecular complexity index is 917. The van der Waals surface area contributed by atoms with Crippen LogP contribution in [0.2, 0.25) is 0 Å². The topological polar surface area (TPSA) is 14.2 Å². The molecule has 0 aliphatic rings. The Balaban J connectivity index is 2.29. The van der Waals surface area contributed by atoms with Gasteiger partial charge in [-0.2, -0.15) is 0 Å². The van der Waals surface area contributed by atoms with E-state index in [1.165, 1.54) is 0 Å². The zero-order valence-corrected chi connectivity index (χ0v) is 12.1. The molecule has 0 spiro atoms. The molecule has 0 unspecified atom stereocenters. The molecule has 0 saturated carbocycles. The Morgan fingerprint density at radius 1 is 0.952 bits per heavy atom. The predicted molar refractivity (Wildman–Crippen MR) is 90.2 cm³/mol. The maximum atomic E-state index is 5.29. The van der Waals surface area contributed by atoms with Crippen LogP contribution >= 0.6 is 0 Å². The summed E-state index contributed by atoms with van der Waals surface area (Å²) in [6.45, 7) is 12.2. The first-order chi connectivity index (χ1) is 10.2. The van der Waals surface area contributed by atoms with Crippen molar-refractivity contribution in [3.63, 3.8) is 0 Å². The van der Waals surface area contributed by atoms with E-state index in [0.717, 1.165) is 38.5 Å². The van der Waals surface area contributed by atoms with Crippen LogP contribution in [-0.4, -0.2) is 11.7 Å². The summed E-state index contributed by atoms with van der Waals surface area (Å²) < 4.78 is 7.36. The predicted octanol–water partition coefficient (Wildman–Crippen LogP) is 3.10. The van der Waals surface area contributed by atoms with Crippen LogP contribution in [0.5, 0.6) is 5.75 Å². The summed E-state index contributed by atoms with van der Waals surface area (Å²) in [4.78, 5) is 0. The quantitative estimate of drug-likeness (QED) is 0.716. The van der Waals surface area contributed by atoms with E-state index in [9.17, 15) is 0 Å². The van der Waals surface area contributed by atoms with Gasteiger partial charge < -0.3 is 9.30 Å². The molecule has 0 N–H and O–H groups in total. The summed E-state index contributed by atoms with van der Waals surface area (Å²) in [6.07, 6.45) is 1.83. The molecule has 2 nitrogen and oxygen atoms in total. The van der Waals surface area contributed by atoms with Crippen LogP contribution in [-0.2, 0) is 0 Å². The molecule has 1 heterocycles. The highest BCUT2D eigenvalue weighted by atomic mass is 16.5. The van der Waals surface area contributed by atoms with Crippen molar-refractivity contribution in [3.8, 4) is 11.4 Å². The smallest absolute Gasteiger partial charge is 0.119 e. The molecule has 0 amide bonds. The van der Waals surface area contributed by atoms with E-state index in [4.69, 9.17) is 4.74 Å². The maximum absolute atomic E-state index is 5.29. The normalized spacial score (nSPS) is 10.7. The minimum atomic E-state index is 0.826. The van der Waals surface area contributed by atoms with Gasteiger partial charge in [-0.25, -0.2) is 0 Å². The van der Waals surface area contributed by atoms with Crippen LogP contribution in [0.1, 0.15) is 5.56 Å². The molecule has 3 aromatic rings. The van der Waals surface area contributed by atoms with Crippen molar-refractivity contribution in [2.24, 2.45) is 0 Å². The number of hydrogen-bond donors (Lipinski definition) is 0. The van der Waals surface area contributed by atoms with Gasteiger partial charge in [0, 0.05) is 27.2 Å². The number of nitrogens with zero attached hydrogens (tertiary/aromatic N) is 1.